The minimum Gasteiger partial charge on any atom is -0.208 e. The summed E-state index contributed by atoms with van der Waals surface area (Å²) in [6.45, 7) is 0. The number of hydrogen-bond donors (Lipinski definition) is 1. The molecule has 2 bridgehead atoms. The Morgan fingerprint density at radius 2 is 1.76 bits per heavy atom. The van der Waals surface area contributed by atoms with Crippen molar-refractivity contribution in [1.29, 1.82) is 0 Å². The van der Waals surface area contributed by atoms with Gasteiger partial charge >= 0.3 is 0 Å². The van der Waals surface area contributed by atoms with Gasteiger partial charge in [-0.15, -0.1) is 0 Å². The number of fused-ring (bicyclic) bond motifs is 2. The highest BCUT2D eigenvalue weighted by Crippen LogP contribution is 2.44. The van der Waals surface area contributed by atoms with Crippen molar-refractivity contribution in [2.75, 3.05) is 0 Å². The Balaban J connectivity index is 1.85. The van der Waals surface area contributed by atoms with Crippen molar-refractivity contribution in [3.05, 3.63) is 24.3 Å². The quantitative estimate of drug-likeness (QED) is 0.844. The lowest BCUT2D eigenvalue weighted by molar-refractivity contribution is 0.390. The first-order valence-electron chi connectivity index (χ1n) is 6.83. The average Bonchev–Trinajstić information content (AvgIpc) is 2.99. The predicted octanol–water partition coefficient (Wildman–Crippen LogP) is 2.08. The van der Waals surface area contributed by atoms with Crippen LogP contribution in [0.3, 0.4) is 0 Å². The minimum absolute atomic E-state index is 0.0370. The predicted molar refractivity (Wildman–Crippen MR) is 79.0 cm³/mol. The molecule has 0 radical (unpaired) electrons. The highest BCUT2D eigenvalue weighted by atomic mass is 35.7. The van der Waals surface area contributed by atoms with E-state index < -0.39 is 19.1 Å². The van der Waals surface area contributed by atoms with Crippen LogP contribution in [0.1, 0.15) is 25.7 Å². The van der Waals surface area contributed by atoms with E-state index >= 15 is 0 Å². The summed E-state index contributed by atoms with van der Waals surface area (Å²) in [5, 5.41) is 0. The summed E-state index contributed by atoms with van der Waals surface area (Å²) in [7, 11) is -2.40. The lowest BCUT2D eigenvalue weighted by Crippen LogP contribution is -2.38. The summed E-state index contributed by atoms with van der Waals surface area (Å²) in [6, 6.07) is 5.09. The lowest BCUT2D eigenvalue weighted by atomic mass is 9.96. The van der Waals surface area contributed by atoms with Crippen LogP contribution in [0.4, 0.5) is 0 Å². The second-order valence-corrected chi connectivity index (χ2v) is 10.1. The molecule has 2 aliphatic carbocycles. The molecule has 116 valence electrons. The summed E-state index contributed by atoms with van der Waals surface area (Å²) in [5.74, 6) is 1.03. The van der Waals surface area contributed by atoms with Crippen molar-refractivity contribution in [2.45, 2.75) is 41.5 Å². The molecule has 3 unspecified atom stereocenters. The van der Waals surface area contributed by atoms with Crippen molar-refractivity contribution >= 4 is 29.8 Å². The topological polar surface area (TPSA) is 80.3 Å². The molecule has 2 fully saturated rings. The third kappa shape index (κ3) is 3.11. The minimum atomic E-state index is -3.94. The highest BCUT2D eigenvalue weighted by Gasteiger charge is 2.41. The Bertz CT molecular complexity index is 760. The van der Waals surface area contributed by atoms with Crippen LogP contribution in [-0.2, 0) is 19.1 Å². The molecule has 1 aromatic carbocycles. The third-order valence-electron chi connectivity index (χ3n) is 4.44. The number of nitrogens with one attached hydrogen (secondary N) is 1. The van der Waals surface area contributed by atoms with Gasteiger partial charge in [0.25, 0.3) is 9.05 Å². The van der Waals surface area contributed by atoms with Crippen molar-refractivity contribution in [2.24, 2.45) is 11.8 Å². The summed E-state index contributed by atoms with van der Waals surface area (Å²) in [4.78, 5) is -0.271. The van der Waals surface area contributed by atoms with E-state index in [4.69, 9.17) is 10.7 Å². The number of benzene rings is 1. The van der Waals surface area contributed by atoms with Crippen LogP contribution in [0.15, 0.2) is 34.1 Å². The molecule has 2 saturated carbocycles. The standard InChI is InChI=1S/C13H16ClNO4S2/c14-20(16,17)11-2-1-3-12(8-11)21(18,19)15-13-7-9-4-5-10(13)6-9/h1-3,8-10,13,15H,4-7H2. The van der Waals surface area contributed by atoms with Crippen LogP contribution in [-0.4, -0.2) is 22.9 Å². The first-order valence-corrected chi connectivity index (χ1v) is 10.6. The summed E-state index contributed by atoms with van der Waals surface area (Å²) < 4.78 is 50.1. The molecular weight excluding hydrogens is 334 g/mol. The fourth-order valence-electron chi connectivity index (χ4n) is 3.45. The largest absolute Gasteiger partial charge is 0.261 e. The molecule has 0 heterocycles. The molecule has 8 heteroatoms. The molecule has 0 aromatic heterocycles. The molecule has 0 amide bonds. The van der Waals surface area contributed by atoms with Crippen LogP contribution >= 0.6 is 10.7 Å². The van der Waals surface area contributed by atoms with E-state index in [9.17, 15) is 16.8 Å². The Morgan fingerprint density at radius 1 is 1.05 bits per heavy atom. The van der Waals surface area contributed by atoms with Crippen LogP contribution in [0.2, 0.25) is 0 Å². The van der Waals surface area contributed by atoms with Crippen molar-refractivity contribution in [3.8, 4) is 0 Å². The van der Waals surface area contributed by atoms with Crippen LogP contribution in [0.5, 0.6) is 0 Å². The Hall–Kier alpha value is -0.630. The first-order chi connectivity index (χ1) is 9.75. The average molecular weight is 350 g/mol. The van der Waals surface area contributed by atoms with Gasteiger partial charge in [0.1, 0.15) is 0 Å². The molecule has 3 rings (SSSR count). The van der Waals surface area contributed by atoms with Crippen molar-refractivity contribution in [3.63, 3.8) is 0 Å². The maximum absolute atomic E-state index is 12.4. The zero-order valence-corrected chi connectivity index (χ0v) is 13.6. The summed E-state index contributed by atoms with van der Waals surface area (Å²) in [5.41, 5.74) is 0. The lowest BCUT2D eigenvalue weighted by Gasteiger charge is -2.22. The zero-order valence-electron chi connectivity index (χ0n) is 11.2. The van der Waals surface area contributed by atoms with Crippen molar-refractivity contribution in [1.82, 2.24) is 4.72 Å². The summed E-state index contributed by atoms with van der Waals surface area (Å²) >= 11 is 0. The molecule has 0 spiro atoms. The maximum Gasteiger partial charge on any atom is 0.261 e. The number of sulfonamides is 1. The highest BCUT2D eigenvalue weighted by molar-refractivity contribution is 8.13. The maximum atomic E-state index is 12.4. The first kappa shape index (κ1) is 15.3. The second-order valence-electron chi connectivity index (χ2n) is 5.82. The normalized spacial score (nSPS) is 28.9. The van der Waals surface area contributed by atoms with Gasteiger partial charge in [-0.3, -0.25) is 0 Å². The number of hydrogen-bond acceptors (Lipinski definition) is 4. The second kappa shape index (κ2) is 5.22. The molecule has 21 heavy (non-hydrogen) atoms. The van der Waals surface area contributed by atoms with E-state index in [1.165, 1.54) is 24.6 Å². The van der Waals surface area contributed by atoms with Crippen LogP contribution < -0.4 is 4.72 Å². The molecule has 3 atom stereocenters. The van der Waals surface area contributed by atoms with E-state index in [1.807, 2.05) is 0 Å². The van der Waals surface area contributed by atoms with Crippen LogP contribution in [0, 0.1) is 11.8 Å². The molecular formula is C13H16ClNO4S2. The van der Waals surface area contributed by atoms with E-state index in [0.29, 0.717) is 11.8 Å². The third-order valence-corrected chi connectivity index (χ3v) is 7.28. The fraction of sp³-hybridized carbons (Fsp3) is 0.538. The van der Waals surface area contributed by atoms with Gasteiger partial charge in [0.15, 0.2) is 0 Å². The number of halogens is 1. The number of rotatable bonds is 4. The Morgan fingerprint density at radius 3 is 2.33 bits per heavy atom. The molecule has 0 aliphatic heterocycles. The van der Waals surface area contributed by atoms with E-state index in [1.54, 1.807) is 0 Å². The molecule has 2 aliphatic rings. The molecule has 5 nitrogen and oxygen atoms in total. The van der Waals surface area contributed by atoms with Gasteiger partial charge in [-0.05, 0) is 49.3 Å². The molecule has 1 aromatic rings. The van der Waals surface area contributed by atoms with Gasteiger partial charge in [0, 0.05) is 16.7 Å². The van der Waals surface area contributed by atoms with Gasteiger partial charge in [-0.2, -0.15) is 0 Å². The van der Waals surface area contributed by atoms with Gasteiger partial charge < -0.3 is 0 Å². The zero-order chi connectivity index (χ0) is 15.3. The van der Waals surface area contributed by atoms with Crippen LogP contribution in [0.25, 0.3) is 0 Å². The van der Waals surface area contributed by atoms with Crippen molar-refractivity contribution < 1.29 is 16.8 Å². The summed E-state index contributed by atoms with van der Waals surface area (Å²) in [6.07, 6.45) is 4.21. The Kier molecular flexibility index (Phi) is 3.80. The monoisotopic (exact) mass is 349 g/mol. The smallest absolute Gasteiger partial charge is 0.208 e. The van der Waals surface area contributed by atoms with Gasteiger partial charge in [0.05, 0.1) is 9.79 Å². The SMILES string of the molecule is O=S(=O)(Cl)c1cccc(S(=O)(=O)NC2CC3CCC2C3)c1. The van der Waals surface area contributed by atoms with E-state index in [2.05, 4.69) is 4.72 Å². The molecule has 1 N–H and O–H groups in total. The van der Waals surface area contributed by atoms with Gasteiger partial charge in [-0.25, -0.2) is 21.6 Å². The van der Waals surface area contributed by atoms with Gasteiger partial charge in [0.2, 0.25) is 10.0 Å². The van der Waals surface area contributed by atoms with E-state index in [-0.39, 0.29) is 15.8 Å². The van der Waals surface area contributed by atoms with E-state index in [0.717, 1.165) is 25.3 Å². The molecule has 0 saturated heterocycles. The Labute approximate surface area is 129 Å². The van der Waals surface area contributed by atoms with Gasteiger partial charge in [-0.1, -0.05) is 12.5 Å². The fourth-order valence-corrected chi connectivity index (χ4v) is 5.68.